The van der Waals surface area contributed by atoms with Gasteiger partial charge in [0.2, 0.25) is 5.91 Å². The van der Waals surface area contributed by atoms with Gasteiger partial charge in [0, 0.05) is 24.1 Å². The van der Waals surface area contributed by atoms with Crippen LogP contribution in [0.4, 0.5) is 5.69 Å². The molecule has 0 fully saturated rings. The molecular weight excluding hydrogens is 246 g/mol. The van der Waals surface area contributed by atoms with Crippen molar-refractivity contribution in [3.63, 3.8) is 0 Å². The van der Waals surface area contributed by atoms with Gasteiger partial charge in [-0.05, 0) is 6.07 Å². The van der Waals surface area contributed by atoms with Crippen LogP contribution < -0.4 is 10.6 Å². The monoisotopic (exact) mass is 261 g/mol. The van der Waals surface area contributed by atoms with Gasteiger partial charge in [0.1, 0.15) is 6.04 Å². The van der Waals surface area contributed by atoms with Crippen molar-refractivity contribution < 1.29 is 14.7 Å². The van der Waals surface area contributed by atoms with Crippen LogP contribution in [-0.4, -0.2) is 35.1 Å². The van der Waals surface area contributed by atoms with E-state index in [1.807, 2.05) is 24.3 Å². The number of nitrogens with zero attached hydrogens (tertiary/aromatic N) is 1. The lowest BCUT2D eigenvalue weighted by molar-refractivity contribution is -0.140. The number of aliphatic carboxylic acids is 1. The highest BCUT2D eigenvalue weighted by molar-refractivity contribution is 6.03. The van der Waals surface area contributed by atoms with Gasteiger partial charge in [-0.25, -0.2) is 0 Å². The fourth-order valence-corrected chi connectivity index (χ4v) is 1.88. The van der Waals surface area contributed by atoms with Crippen LogP contribution >= 0.6 is 0 Å². The number of amides is 1. The third-order valence-corrected chi connectivity index (χ3v) is 3.01. The van der Waals surface area contributed by atoms with E-state index in [0.717, 1.165) is 10.9 Å². The molecule has 1 aromatic heterocycles. The molecule has 2 aromatic rings. The molecule has 0 saturated carbocycles. The van der Waals surface area contributed by atoms with Crippen molar-refractivity contribution in [1.29, 1.82) is 0 Å². The molecule has 4 N–H and O–H groups in total. The van der Waals surface area contributed by atoms with Gasteiger partial charge in [-0.1, -0.05) is 18.2 Å². The average molecular weight is 261 g/mol. The number of aromatic amines is 1. The Bertz CT molecular complexity index is 620. The van der Waals surface area contributed by atoms with Crippen molar-refractivity contribution in [1.82, 2.24) is 4.98 Å². The molecule has 1 heterocycles. The Kier molecular flexibility index (Phi) is 3.52. The number of para-hydroxylation sites is 1. The number of nitrogens with one attached hydrogen (secondary N) is 1. The Hall–Kier alpha value is -2.34. The first-order valence-electron chi connectivity index (χ1n) is 5.81. The van der Waals surface area contributed by atoms with Crippen LogP contribution in [0.3, 0.4) is 0 Å². The molecule has 6 nitrogen and oxygen atoms in total. The number of carbonyl (C=O) groups is 2. The minimum Gasteiger partial charge on any atom is -0.480 e. The van der Waals surface area contributed by atoms with Crippen molar-refractivity contribution in [3.05, 3.63) is 30.5 Å². The number of H-pyrrole nitrogens is 1. The van der Waals surface area contributed by atoms with Gasteiger partial charge in [-0.15, -0.1) is 0 Å². The van der Waals surface area contributed by atoms with Crippen LogP contribution in [-0.2, 0) is 9.59 Å². The lowest BCUT2D eigenvalue weighted by Gasteiger charge is -2.17. The number of carboxylic acid groups (broad SMARTS) is 1. The summed E-state index contributed by atoms with van der Waals surface area (Å²) in [7, 11) is 1.60. The quantitative estimate of drug-likeness (QED) is 0.762. The van der Waals surface area contributed by atoms with Crippen LogP contribution in [0.15, 0.2) is 30.5 Å². The van der Waals surface area contributed by atoms with Crippen LogP contribution in [0.5, 0.6) is 0 Å². The van der Waals surface area contributed by atoms with Crippen molar-refractivity contribution in [2.45, 2.75) is 12.5 Å². The number of benzene rings is 1. The Labute approximate surface area is 109 Å². The molecule has 2 rings (SSSR count). The molecule has 100 valence electrons. The van der Waals surface area contributed by atoms with Crippen LogP contribution in [0, 0.1) is 0 Å². The zero-order chi connectivity index (χ0) is 14.0. The molecule has 0 aliphatic rings. The minimum absolute atomic E-state index is 0.231. The van der Waals surface area contributed by atoms with E-state index < -0.39 is 12.0 Å². The topological polar surface area (TPSA) is 99.4 Å². The molecule has 0 radical (unpaired) electrons. The molecule has 1 unspecified atom stereocenters. The number of hydrogen-bond acceptors (Lipinski definition) is 3. The molecule has 1 aromatic carbocycles. The first kappa shape index (κ1) is 13.1. The van der Waals surface area contributed by atoms with Crippen molar-refractivity contribution >= 4 is 28.5 Å². The highest BCUT2D eigenvalue weighted by Gasteiger charge is 2.21. The lowest BCUT2D eigenvalue weighted by Crippen LogP contribution is -2.37. The first-order chi connectivity index (χ1) is 9.00. The summed E-state index contributed by atoms with van der Waals surface area (Å²) in [6, 6.07) is 6.38. The third-order valence-electron chi connectivity index (χ3n) is 3.01. The summed E-state index contributed by atoms with van der Waals surface area (Å²) in [5.74, 6) is -1.51. The summed E-state index contributed by atoms with van der Waals surface area (Å²) >= 11 is 0. The molecule has 1 atom stereocenters. The molecule has 0 spiro atoms. The standard InChI is InChI=1S/C13H15N3O3/c1-16(12(17)6-9(14)13(18)19)11-7-15-10-5-3-2-4-8(10)11/h2-5,7,9,15H,6,14H2,1H3,(H,18,19). The second-order valence-electron chi connectivity index (χ2n) is 4.32. The Morgan fingerprint density at radius 2 is 2.11 bits per heavy atom. The van der Waals surface area contributed by atoms with E-state index in [4.69, 9.17) is 10.8 Å². The molecule has 1 amide bonds. The minimum atomic E-state index is -1.18. The van der Waals surface area contributed by atoms with E-state index in [1.54, 1.807) is 13.2 Å². The summed E-state index contributed by atoms with van der Waals surface area (Å²) in [6.07, 6.45) is 1.49. The van der Waals surface area contributed by atoms with Gasteiger partial charge in [0.25, 0.3) is 0 Å². The summed E-state index contributed by atoms with van der Waals surface area (Å²) in [4.78, 5) is 27.1. The van der Waals surface area contributed by atoms with E-state index in [0.29, 0.717) is 5.69 Å². The molecule has 6 heteroatoms. The number of carbonyl (C=O) groups excluding carboxylic acids is 1. The van der Waals surface area contributed by atoms with Crippen LogP contribution in [0.25, 0.3) is 10.9 Å². The number of fused-ring (bicyclic) bond motifs is 1. The number of hydrogen-bond donors (Lipinski definition) is 3. The molecule has 19 heavy (non-hydrogen) atoms. The number of carboxylic acids is 1. The van der Waals surface area contributed by atoms with Crippen LogP contribution in [0.2, 0.25) is 0 Å². The van der Waals surface area contributed by atoms with Gasteiger partial charge in [0.05, 0.1) is 12.1 Å². The van der Waals surface area contributed by atoms with Gasteiger partial charge in [-0.3, -0.25) is 9.59 Å². The zero-order valence-electron chi connectivity index (χ0n) is 10.5. The summed E-state index contributed by atoms with van der Waals surface area (Å²) in [5, 5.41) is 9.62. The molecule has 0 bridgehead atoms. The van der Waals surface area contributed by atoms with E-state index in [-0.39, 0.29) is 12.3 Å². The Balaban J connectivity index is 2.22. The molecule has 0 saturated heterocycles. The smallest absolute Gasteiger partial charge is 0.321 e. The molecule has 0 aliphatic carbocycles. The second kappa shape index (κ2) is 5.11. The van der Waals surface area contributed by atoms with E-state index >= 15 is 0 Å². The van der Waals surface area contributed by atoms with Gasteiger partial charge >= 0.3 is 5.97 Å². The largest absolute Gasteiger partial charge is 0.480 e. The van der Waals surface area contributed by atoms with E-state index in [1.165, 1.54) is 4.90 Å². The van der Waals surface area contributed by atoms with Gasteiger partial charge in [-0.2, -0.15) is 0 Å². The number of aromatic nitrogens is 1. The number of nitrogens with two attached hydrogens (primary N) is 1. The van der Waals surface area contributed by atoms with Crippen molar-refractivity contribution in [3.8, 4) is 0 Å². The normalized spacial score (nSPS) is 12.3. The summed E-state index contributed by atoms with van der Waals surface area (Å²) in [6.45, 7) is 0. The van der Waals surface area contributed by atoms with Crippen molar-refractivity contribution in [2.75, 3.05) is 11.9 Å². The molecular formula is C13H15N3O3. The van der Waals surface area contributed by atoms with Gasteiger partial charge in [0.15, 0.2) is 0 Å². The third kappa shape index (κ3) is 2.58. The predicted octanol–water partition coefficient (Wildman–Crippen LogP) is 0.933. The SMILES string of the molecule is CN(C(=O)CC(N)C(=O)O)c1c[nH]c2ccccc12. The van der Waals surface area contributed by atoms with E-state index in [2.05, 4.69) is 4.98 Å². The maximum absolute atomic E-state index is 12.0. The Morgan fingerprint density at radius 1 is 1.42 bits per heavy atom. The summed E-state index contributed by atoms with van der Waals surface area (Å²) in [5.41, 5.74) is 6.99. The first-order valence-corrected chi connectivity index (χ1v) is 5.81. The highest BCUT2D eigenvalue weighted by atomic mass is 16.4. The van der Waals surface area contributed by atoms with Gasteiger partial charge < -0.3 is 20.7 Å². The second-order valence-corrected chi connectivity index (χ2v) is 4.32. The zero-order valence-corrected chi connectivity index (χ0v) is 10.5. The van der Waals surface area contributed by atoms with Crippen molar-refractivity contribution in [2.24, 2.45) is 5.73 Å². The highest BCUT2D eigenvalue weighted by Crippen LogP contribution is 2.25. The fourth-order valence-electron chi connectivity index (χ4n) is 1.88. The molecule has 0 aliphatic heterocycles. The lowest BCUT2D eigenvalue weighted by atomic mass is 10.2. The Morgan fingerprint density at radius 3 is 2.79 bits per heavy atom. The number of anilines is 1. The maximum atomic E-state index is 12.0. The van der Waals surface area contributed by atoms with E-state index in [9.17, 15) is 9.59 Å². The summed E-state index contributed by atoms with van der Waals surface area (Å²) < 4.78 is 0. The average Bonchev–Trinajstić information content (AvgIpc) is 2.81. The number of rotatable bonds is 4. The van der Waals surface area contributed by atoms with Crippen LogP contribution in [0.1, 0.15) is 6.42 Å². The maximum Gasteiger partial charge on any atom is 0.321 e. The fraction of sp³-hybridized carbons (Fsp3) is 0.231. The predicted molar refractivity (Wildman–Crippen MR) is 71.9 cm³/mol.